The van der Waals surface area contributed by atoms with Crippen LogP contribution in [-0.4, -0.2) is 96.6 Å². The lowest BCUT2D eigenvalue weighted by molar-refractivity contribution is -0.154. The van der Waals surface area contributed by atoms with E-state index in [0.717, 1.165) is 0 Å². The zero-order chi connectivity index (χ0) is 19.8. The summed E-state index contributed by atoms with van der Waals surface area (Å²) in [4.78, 5) is 27.9. The minimum Gasteiger partial charge on any atom is -0.378 e. The molecule has 0 aromatic carbocycles. The number of carbonyl (C=O) groups excluding carboxylic acids is 2. The van der Waals surface area contributed by atoms with Crippen LogP contribution in [0.25, 0.3) is 0 Å². The molecule has 0 radical (unpaired) electrons. The second-order valence-electron chi connectivity index (χ2n) is 6.72. The molecule has 2 fully saturated rings. The summed E-state index contributed by atoms with van der Waals surface area (Å²) in [6, 6.07) is 0. The van der Waals surface area contributed by atoms with Crippen LogP contribution in [0, 0.1) is 13.8 Å². The number of nitrogens with zero attached hydrogens (tertiary/aromatic N) is 5. The van der Waals surface area contributed by atoms with E-state index in [1.165, 1.54) is 14.1 Å². The smallest absolute Gasteiger partial charge is 0.312 e. The average molecular weight is 399 g/mol. The van der Waals surface area contributed by atoms with Crippen molar-refractivity contribution < 1.29 is 22.7 Å². The van der Waals surface area contributed by atoms with Crippen LogP contribution in [0.4, 0.5) is 0 Å². The Morgan fingerprint density at radius 2 is 1.44 bits per heavy atom. The molecule has 27 heavy (non-hydrogen) atoms. The number of hydrogen-bond donors (Lipinski definition) is 0. The van der Waals surface area contributed by atoms with E-state index in [2.05, 4.69) is 5.10 Å². The first kappa shape index (κ1) is 19.8. The molecule has 0 N–H and O–H groups in total. The quantitative estimate of drug-likeness (QED) is 0.574. The molecule has 0 spiro atoms. The van der Waals surface area contributed by atoms with Crippen molar-refractivity contribution in [3.8, 4) is 0 Å². The van der Waals surface area contributed by atoms with Crippen molar-refractivity contribution in [3.05, 3.63) is 11.4 Å². The van der Waals surface area contributed by atoms with E-state index in [9.17, 15) is 18.0 Å². The molecule has 3 heterocycles. The molecule has 2 amide bonds. The molecule has 150 valence electrons. The van der Waals surface area contributed by atoms with E-state index in [-0.39, 0.29) is 31.1 Å². The topological polar surface area (TPSA) is 105 Å². The Balaban J connectivity index is 1.66. The molecule has 0 saturated carbocycles. The third kappa shape index (κ3) is 3.71. The molecule has 3 rings (SSSR count). The predicted octanol–water partition coefficient (Wildman–Crippen LogP) is -1.27. The van der Waals surface area contributed by atoms with Crippen LogP contribution in [0.1, 0.15) is 11.4 Å². The van der Waals surface area contributed by atoms with Crippen LogP contribution < -0.4 is 0 Å². The number of carbonyl (C=O) groups is 2. The molecule has 11 heteroatoms. The number of piperazine rings is 1. The van der Waals surface area contributed by atoms with Crippen molar-refractivity contribution in [3.63, 3.8) is 0 Å². The summed E-state index contributed by atoms with van der Waals surface area (Å²) in [5.41, 5.74) is 1.03. The second-order valence-corrected chi connectivity index (χ2v) is 8.60. The van der Waals surface area contributed by atoms with Crippen LogP contribution in [0.15, 0.2) is 4.90 Å². The molecule has 0 atom stereocenters. The summed E-state index contributed by atoms with van der Waals surface area (Å²) in [7, 11) is -1.99. The van der Waals surface area contributed by atoms with Crippen LogP contribution in [-0.2, 0) is 31.4 Å². The highest BCUT2D eigenvalue weighted by Gasteiger charge is 2.36. The van der Waals surface area contributed by atoms with Gasteiger partial charge < -0.3 is 14.5 Å². The minimum absolute atomic E-state index is 0.151. The molecule has 10 nitrogen and oxygen atoms in total. The zero-order valence-electron chi connectivity index (χ0n) is 15.8. The van der Waals surface area contributed by atoms with Crippen molar-refractivity contribution in [1.29, 1.82) is 0 Å². The summed E-state index contributed by atoms with van der Waals surface area (Å²) in [6.45, 7) is 5.71. The summed E-state index contributed by atoms with van der Waals surface area (Å²) in [5.74, 6) is -1.13. The van der Waals surface area contributed by atoms with Gasteiger partial charge in [0.25, 0.3) is 0 Å². The average Bonchev–Trinajstić information content (AvgIpc) is 2.93. The Hall–Kier alpha value is -1.98. The molecular weight excluding hydrogens is 374 g/mol. The molecule has 2 aliphatic rings. The molecule has 2 aliphatic heterocycles. The maximum Gasteiger partial charge on any atom is 0.312 e. The van der Waals surface area contributed by atoms with Gasteiger partial charge in [0, 0.05) is 46.3 Å². The molecular formula is C16H25N5O5S. The van der Waals surface area contributed by atoms with Gasteiger partial charge in [0.2, 0.25) is 10.0 Å². The summed E-state index contributed by atoms with van der Waals surface area (Å²) in [5, 5.41) is 4.18. The fourth-order valence-electron chi connectivity index (χ4n) is 3.43. The number of morpholine rings is 1. The number of rotatable bonds is 2. The van der Waals surface area contributed by atoms with Gasteiger partial charge in [-0.05, 0) is 13.8 Å². The van der Waals surface area contributed by atoms with Crippen molar-refractivity contribution in [2.24, 2.45) is 7.05 Å². The van der Waals surface area contributed by atoms with Gasteiger partial charge in [0.05, 0.1) is 24.6 Å². The van der Waals surface area contributed by atoms with Crippen molar-refractivity contribution in [1.82, 2.24) is 23.9 Å². The fourth-order valence-corrected chi connectivity index (χ4v) is 5.25. The van der Waals surface area contributed by atoms with Gasteiger partial charge in [-0.25, -0.2) is 8.42 Å². The Kier molecular flexibility index (Phi) is 5.54. The van der Waals surface area contributed by atoms with Crippen LogP contribution in [0.2, 0.25) is 0 Å². The lowest BCUT2D eigenvalue weighted by Crippen LogP contribution is -2.55. The highest BCUT2D eigenvalue weighted by atomic mass is 32.2. The number of aromatic nitrogens is 2. The third-order valence-corrected chi connectivity index (χ3v) is 7.20. The van der Waals surface area contributed by atoms with E-state index in [0.29, 0.717) is 37.7 Å². The highest BCUT2D eigenvalue weighted by Crippen LogP contribution is 2.24. The maximum atomic E-state index is 13.0. The van der Waals surface area contributed by atoms with Gasteiger partial charge in [0.15, 0.2) is 0 Å². The maximum absolute atomic E-state index is 13.0. The monoisotopic (exact) mass is 399 g/mol. The zero-order valence-corrected chi connectivity index (χ0v) is 16.7. The Morgan fingerprint density at radius 1 is 0.926 bits per heavy atom. The molecule has 0 unspecified atom stereocenters. The Morgan fingerprint density at radius 3 is 1.93 bits per heavy atom. The van der Waals surface area contributed by atoms with E-state index < -0.39 is 21.8 Å². The molecule has 0 aliphatic carbocycles. The molecule has 1 aromatic rings. The second kappa shape index (κ2) is 7.56. The third-order valence-electron chi connectivity index (χ3n) is 5.05. The predicted molar refractivity (Wildman–Crippen MR) is 95.4 cm³/mol. The fraction of sp³-hybridized carbons (Fsp3) is 0.688. The van der Waals surface area contributed by atoms with Crippen molar-refractivity contribution in [2.75, 3.05) is 52.5 Å². The van der Waals surface area contributed by atoms with E-state index in [4.69, 9.17) is 4.74 Å². The van der Waals surface area contributed by atoms with Crippen molar-refractivity contribution >= 4 is 21.8 Å². The summed E-state index contributed by atoms with van der Waals surface area (Å²) < 4.78 is 34.0. The van der Waals surface area contributed by atoms with Gasteiger partial charge in [-0.2, -0.15) is 9.40 Å². The lowest BCUT2D eigenvalue weighted by atomic mass is 10.3. The molecule has 2 saturated heterocycles. The number of amides is 2. The SMILES string of the molecule is Cc1nn(C)c(C)c1S(=O)(=O)N1CCN(C(=O)C(=O)N2CCOCC2)CC1. The van der Waals surface area contributed by atoms with Gasteiger partial charge in [-0.3, -0.25) is 14.3 Å². The lowest BCUT2D eigenvalue weighted by Gasteiger charge is -2.35. The number of ether oxygens (including phenoxy) is 1. The largest absolute Gasteiger partial charge is 0.378 e. The first-order valence-electron chi connectivity index (χ1n) is 8.89. The molecule has 1 aromatic heterocycles. The van der Waals surface area contributed by atoms with Gasteiger partial charge in [0.1, 0.15) is 4.90 Å². The normalized spacial score (nSPS) is 19.4. The Bertz CT molecular complexity index is 836. The summed E-state index contributed by atoms with van der Waals surface area (Å²) in [6.07, 6.45) is 0. The summed E-state index contributed by atoms with van der Waals surface area (Å²) >= 11 is 0. The van der Waals surface area contributed by atoms with Gasteiger partial charge in [-0.15, -0.1) is 0 Å². The first-order chi connectivity index (χ1) is 12.7. The van der Waals surface area contributed by atoms with E-state index in [1.807, 2.05) is 0 Å². The van der Waals surface area contributed by atoms with E-state index >= 15 is 0 Å². The van der Waals surface area contributed by atoms with E-state index in [1.54, 1.807) is 25.6 Å². The molecule has 0 bridgehead atoms. The standard InChI is InChI=1S/C16H25N5O5S/c1-12-14(13(2)18(3)17-12)27(24,25)21-6-4-19(5-7-21)15(22)16(23)20-8-10-26-11-9-20/h4-11H2,1-3H3. The van der Waals surface area contributed by atoms with Crippen LogP contribution >= 0.6 is 0 Å². The number of sulfonamides is 1. The number of hydrogen-bond acceptors (Lipinski definition) is 6. The first-order valence-corrected chi connectivity index (χ1v) is 10.3. The van der Waals surface area contributed by atoms with Crippen LogP contribution in [0.5, 0.6) is 0 Å². The Labute approximate surface area is 158 Å². The highest BCUT2D eigenvalue weighted by molar-refractivity contribution is 7.89. The number of aryl methyl sites for hydroxylation is 2. The minimum atomic E-state index is -3.69. The van der Waals surface area contributed by atoms with Crippen LogP contribution in [0.3, 0.4) is 0 Å². The van der Waals surface area contributed by atoms with Gasteiger partial charge >= 0.3 is 11.8 Å². The van der Waals surface area contributed by atoms with Gasteiger partial charge in [-0.1, -0.05) is 0 Å². The van der Waals surface area contributed by atoms with Crippen molar-refractivity contribution in [2.45, 2.75) is 18.7 Å².